The predicted octanol–water partition coefficient (Wildman–Crippen LogP) is 9.71. The van der Waals surface area contributed by atoms with Gasteiger partial charge in [0.15, 0.2) is 11.4 Å². The lowest BCUT2D eigenvalue weighted by atomic mass is 9.93. The lowest BCUT2D eigenvalue weighted by molar-refractivity contribution is 0.645. The van der Waals surface area contributed by atoms with Crippen molar-refractivity contribution in [3.05, 3.63) is 137 Å². The van der Waals surface area contributed by atoms with Gasteiger partial charge in [-0.3, -0.25) is 4.57 Å². The molecule has 0 aliphatic carbocycles. The number of hydrogen-bond acceptors (Lipinski definition) is 3. The molecule has 42 heavy (non-hydrogen) atoms. The Morgan fingerprint density at radius 1 is 0.643 bits per heavy atom. The fourth-order valence-corrected chi connectivity index (χ4v) is 5.70. The lowest BCUT2D eigenvalue weighted by Crippen LogP contribution is -2.00. The van der Waals surface area contributed by atoms with Crippen LogP contribution in [0.15, 0.2) is 108 Å². The minimum atomic E-state index is 0.355. The van der Waals surface area contributed by atoms with E-state index in [9.17, 15) is 10.5 Å². The van der Waals surface area contributed by atoms with Gasteiger partial charge in [-0.25, -0.2) is 9.69 Å². The van der Waals surface area contributed by atoms with Crippen molar-refractivity contribution in [1.82, 2.24) is 4.57 Å². The Labute approximate surface area is 240 Å². The topological polar surface area (TPSA) is 74.4 Å². The minimum absolute atomic E-state index is 0.355. The lowest BCUT2D eigenvalue weighted by Gasteiger charge is -2.19. The Morgan fingerprint density at radius 3 is 1.81 bits per heavy atom. The molecule has 0 atom stereocenters. The van der Waals surface area contributed by atoms with Gasteiger partial charge in [-0.2, -0.15) is 10.5 Å². The van der Waals surface area contributed by atoms with Crippen molar-refractivity contribution in [2.75, 3.05) is 0 Å². The minimum Gasteiger partial charge on any atom is -0.439 e. The van der Waals surface area contributed by atoms with E-state index in [1.807, 2.05) is 60.7 Å². The summed E-state index contributed by atoms with van der Waals surface area (Å²) < 4.78 is 8.62. The van der Waals surface area contributed by atoms with Crippen molar-refractivity contribution in [3.8, 4) is 40.1 Å². The van der Waals surface area contributed by atoms with Crippen LogP contribution in [0.1, 0.15) is 11.1 Å². The first-order valence-corrected chi connectivity index (χ1v) is 13.0. The van der Waals surface area contributed by atoms with Gasteiger partial charge < -0.3 is 4.42 Å². The predicted molar refractivity (Wildman–Crippen MR) is 163 cm³/mol. The molecule has 2 aromatic heterocycles. The molecule has 0 saturated carbocycles. The van der Waals surface area contributed by atoms with Crippen molar-refractivity contribution < 1.29 is 4.42 Å². The largest absolute Gasteiger partial charge is 0.439 e. The third kappa shape index (κ3) is 3.70. The number of rotatable bonds is 3. The zero-order chi connectivity index (χ0) is 28.8. The summed E-state index contributed by atoms with van der Waals surface area (Å²) in [5.41, 5.74) is 7.45. The van der Waals surface area contributed by atoms with Crippen LogP contribution >= 0.6 is 0 Å². The van der Waals surface area contributed by atoms with Gasteiger partial charge in [0.25, 0.3) is 0 Å². The van der Waals surface area contributed by atoms with Crippen LogP contribution in [0, 0.1) is 35.8 Å². The van der Waals surface area contributed by atoms with Gasteiger partial charge in [-0.05, 0) is 59.7 Å². The molecular weight excluding hydrogens is 518 g/mol. The van der Waals surface area contributed by atoms with Crippen molar-refractivity contribution in [2.45, 2.75) is 0 Å². The number of benzene rings is 5. The number of aromatic nitrogens is 1. The number of fused-ring (bicyclic) bond motifs is 5. The van der Waals surface area contributed by atoms with Crippen LogP contribution < -0.4 is 0 Å². The quantitative estimate of drug-likeness (QED) is 0.211. The summed E-state index contributed by atoms with van der Waals surface area (Å²) in [4.78, 5) is 7.23. The fraction of sp³-hybridized carbons (Fsp3) is 0. The second kappa shape index (κ2) is 9.55. The Kier molecular flexibility index (Phi) is 5.56. The van der Waals surface area contributed by atoms with E-state index in [0.717, 1.165) is 44.1 Å². The van der Waals surface area contributed by atoms with Gasteiger partial charge in [-0.1, -0.05) is 54.6 Å². The summed E-state index contributed by atoms with van der Waals surface area (Å²) in [6, 6.07) is 36.4. The summed E-state index contributed by atoms with van der Waals surface area (Å²) in [5, 5.41) is 22.5. The first-order valence-electron chi connectivity index (χ1n) is 13.0. The Morgan fingerprint density at radius 2 is 1.21 bits per heavy atom. The zero-order valence-electron chi connectivity index (χ0n) is 22.0. The summed E-state index contributed by atoms with van der Waals surface area (Å²) in [7, 11) is 0. The molecule has 7 aromatic rings. The van der Waals surface area contributed by atoms with Gasteiger partial charge in [0.1, 0.15) is 5.58 Å². The SMILES string of the molecule is [C-]#[N+]c1cc(C#N)cc(-c2cccc(-c3cc(C#N)cc([N+]#[C-])c3)c2-n2c3ccccc3c3c4ccccc4oc32)c1. The smallest absolute Gasteiger partial charge is 0.213 e. The molecule has 192 valence electrons. The highest BCUT2D eigenvalue weighted by Crippen LogP contribution is 2.45. The van der Waals surface area contributed by atoms with Crippen molar-refractivity contribution >= 4 is 44.3 Å². The number of furan rings is 1. The molecule has 0 aliphatic rings. The molecule has 6 heteroatoms. The molecule has 0 fully saturated rings. The fourth-order valence-electron chi connectivity index (χ4n) is 5.70. The summed E-state index contributed by atoms with van der Waals surface area (Å²) in [6.45, 7) is 15.3. The van der Waals surface area contributed by atoms with E-state index >= 15 is 0 Å². The molecule has 0 bridgehead atoms. The Bertz CT molecular complexity index is 2260. The molecule has 0 amide bonds. The molecular formula is C36H17N5O. The van der Waals surface area contributed by atoms with E-state index in [0.29, 0.717) is 39.3 Å². The van der Waals surface area contributed by atoms with Crippen LogP contribution in [-0.4, -0.2) is 4.57 Å². The van der Waals surface area contributed by atoms with Crippen molar-refractivity contribution in [1.29, 1.82) is 10.5 Å². The summed E-state index contributed by atoms with van der Waals surface area (Å²) in [5.74, 6) is 0. The van der Waals surface area contributed by atoms with E-state index in [1.54, 1.807) is 36.4 Å². The standard InChI is InChI=1S/C36H17N5O/c1-39-26-16-22(20-37)14-24(18-26)28-10-7-11-29(25-15-23(21-38)17-27(19-25)40-2)35(28)41-32-12-5-3-8-30(32)34-31-9-4-6-13-33(31)42-36(34)41/h3-19H. The third-order valence-electron chi connectivity index (χ3n) is 7.43. The molecule has 5 aromatic carbocycles. The second-order valence-corrected chi connectivity index (χ2v) is 9.82. The Hall–Kier alpha value is -6.60. The van der Waals surface area contributed by atoms with Crippen LogP contribution in [0.5, 0.6) is 0 Å². The molecule has 0 aliphatic heterocycles. The molecule has 0 unspecified atom stereocenters. The van der Waals surface area contributed by atoms with Gasteiger partial charge in [0, 0.05) is 33.0 Å². The summed E-state index contributed by atoms with van der Waals surface area (Å²) in [6.07, 6.45) is 0. The molecule has 0 radical (unpaired) electrons. The van der Waals surface area contributed by atoms with E-state index in [1.165, 1.54) is 0 Å². The van der Waals surface area contributed by atoms with Crippen LogP contribution in [0.4, 0.5) is 11.4 Å². The van der Waals surface area contributed by atoms with Crippen LogP contribution in [0.25, 0.3) is 70.6 Å². The van der Waals surface area contributed by atoms with Gasteiger partial charge >= 0.3 is 0 Å². The van der Waals surface area contributed by atoms with Gasteiger partial charge in [0.2, 0.25) is 5.71 Å². The second-order valence-electron chi connectivity index (χ2n) is 9.82. The Balaban J connectivity index is 1.69. The number of nitriles is 2. The van der Waals surface area contributed by atoms with E-state index in [2.05, 4.69) is 32.5 Å². The van der Waals surface area contributed by atoms with Crippen molar-refractivity contribution in [2.24, 2.45) is 0 Å². The highest BCUT2D eigenvalue weighted by atomic mass is 16.3. The number of para-hydroxylation sites is 3. The number of hydrogen-bond donors (Lipinski definition) is 0. The van der Waals surface area contributed by atoms with Crippen LogP contribution in [0.3, 0.4) is 0 Å². The molecule has 7 rings (SSSR count). The molecule has 0 N–H and O–H groups in total. The van der Waals surface area contributed by atoms with Gasteiger partial charge in [-0.15, -0.1) is 0 Å². The van der Waals surface area contributed by atoms with Gasteiger partial charge in [0.05, 0.1) is 41.9 Å². The molecule has 0 saturated heterocycles. The number of nitrogens with zero attached hydrogens (tertiary/aromatic N) is 5. The van der Waals surface area contributed by atoms with E-state index < -0.39 is 0 Å². The first kappa shape index (κ1) is 24.4. The third-order valence-corrected chi connectivity index (χ3v) is 7.43. The molecule has 0 spiro atoms. The van der Waals surface area contributed by atoms with Crippen LogP contribution in [-0.2, 0) is 0 Å². The molecule has 2 heterocycles. The highest BCUT2D eigenvalue weighted by molar-refractivity contribution is 6.20. The van der Waals surface area contributed by atoms with E-state index in [-0.39, 0.29) is 0 Å². The zero-order valence-corrected chi connectivity index (χ0v) is 22.0. The molecule has 6 nitrogen and oxygen atoms in total. The first-order chi connectivity index (χ1) is 20.6. The maximum atomic E-state index is 9.76. The highest BCUT2D eigenvalue weighted by Gasteiger charge is 2.24. The summed E-state index contributed by atoms with van der Waals surface area (Å²) >= 11 is 0. The van der Waals surface area contributed by atoms with E-state index in [4.69, 9.17) is 17.6 Å². The average molecular weight is 536 g/mol. The average Bonchev–Trinajstić information content (AvgIpc) is 3.58. The van der Waals surface area contributed by atoms with Crippen LogP contribution in [0.2, 0.25) is 0 Å². The normalized spacial score (nSPS) is 10.8. The monoisotopic (exact) mass is 535 g/mol. The van der Waals surface area contributed by atoms with Crippen molar-refractivity contribution in [3.63, 3.8) is 0 Å². The maximum absolute atomic E-state index is 9.76. The maximum Gasteiger partial charge on any atom is 0.213 e.